The molecular weight excluding hydrogens is 272 g/mol. The number of urea groups is 1. The van der Waals surface area contributed by atoms with Gasteiger partial charge in [0.05, 0.1) is 6.54 Å². The second-order valence-electron chi connectivity index (χ2n) is 5.84. The molecule has 21 heavy (non-hydrogen) atoms. The summed E-state index contributed by atoms with van der Waals surface area (Å²) >= 11 is 0. The number of piperidine rings is 1. The largest absolute Gasteiger partial charge is 0.354 e. The Balaban J connectivity index is 1.65. The van der Waals surface area contributed by atoms with Crippen molar-refractivity contribution in [2.75, 3.05) is 32.7 Å². The molecule has 0 aliphatic carbocycles. The minimum Gasteiger partial charge on any atom is -0.354 e. The van der Waals surface area contributed by atoms with Crippen LogP contribution in [0, 0.1) is 11.8 Å². The van der Waals surface area contributed by atoms with Crippen LogP contribution in [-0.4, -0.2) is 55.5 Å². The van der Waals surface area contributed by atoms with E-state index in [0.29, 0.717) is 24.8 Å². The lowest BCUT2D eigenvalue weighted by atomic mass is 9.85. The van der Waals surface area contributed by atoms with Crippen molar-refractivity contribution in [3.8, 4) is 0 Å². The molecule has 0 radical (unpaired) electrons. The van der Waals surface area contributed by atoms with Gasteiger partial charge in [-0.2, -0.15) is 0 Å². The molecule has 0 aromatic rings. The molecule has 0 aromatic heterocycles. The van der Waals surface area contributed by atoms with Crippen molar-refractivity contribution in [1.29, 1.82) is 0 Å². The maximum Gasteiger partial charge on any atom is 0.324 e. The number of carbonyl (C=O) groups excluding carboxylic acids is 3. The Morgan fingerprint density at radius 3 is 2.90 bits per heavy atom. The van der Waals surface area contributed by atoms with Crippen LogP contribution in [0.15, 0.2) is 0 Å². The summed E-state index contributed by atoms with van der Waals surface area (Å²) in [5, 5.41) is 8.60. The van der Waals surface area contributed by atoms with Crippen molar-refractivity contribution in [1.82, 2.24) is 20.9 Å². The third kappa shape index (κ3) is 4.42. The fourth-order valence-corrected chi connectivity index (χ4v) is 2.88. The van der Waals surface area contributed by atoms with Crippen molar-refractivity contribution in [2.24, 2.45) is 11.8 Å². The highest BCUT2D eigenvalue weighted by atomic mass is 16.2. The Morgan fingerprint density at radius 1 is 1.48 bits per heavy atom. The van der Waals surface area contributed by atoms with E-state index in [9.17, 15) is 14.4 Å². The number of hydrogen-bond acceptors (Lipinski definition) is 4. The average molecular weight is 296 g/mol. The number of imide groups is 1. The van der Waals surface area contributed by atoms with Crippen LogP contribution < -0.4 is 16.0 Å². The highest BCUT2D eigenvalue weighted by Gasteiger charge is 2.28. The number of nitrogens with one attached hydrogen (secondary N) is 3. The van der Waals surface area contributed by atoms with Gasteiger partial charge < -0.3 is 16.0 Å². The standard InChI is InChI=1S/C14H24N4O3/c1-10(11-3-2-4-15-8-11)7-12(19)16-5-6-18-13(20)9-17-14(18)21/h10-11,15H,2-9H2,1H3,(H,16,19)(H,17,21). The Kier molecular flexibility index (Phi) is 5.55. The average Bonchev–Trinajstić information content (AvgIpc) is 2.80. The topological polar surface area (TPSA) is 90.5 Å². The van der Waals surface area contributed by atoms with Gasteiger partial charge in [-0.05, 0) is 37.8 Å². The molecule has 2 aliphatic heterocycles. The molecule has 2 rings (SSSR count). The monoisotopic (exact) mass is 296 g/mol. The van der Waals surface area contributed by atoms with Gasteiger partial charge in [0, 0.05) is 19.5 Å². The lowest BCUT2D eigenvalue weighted by molar-refractivity contribution is -0.126. The zero-order chi connectivity index (χ0) is 15.2. The van der Waals surface area contributed by atoms with Crippen molar-refractivity contribution >= 4 is 17.8 Å². The Bertz CT molecular complexity index is 391. The summed E-state index contributed by atoms with van der Waals surface area (Å²) in [5.74, 6) is 0.640. The molecule has 0 spiro atoms. The summed E-state index contributed by atoms with van der Waals surface area (Å²) in [6.45, 7) is 4.76. The van der Waals surface area contributed by atoms with Crippen LogP contribution in [0.5, 0.6) is 0 Å². The zero-order valence-corrected chi connectivity index (χ0v) is 12.5. The van der Waals surface area contributed by atoms with Gasteiger partial charge in [-0.1, -0.05) is 6.92 Å². The van der Waals surface area contributed by atoms with E-state index in [1.54, 1.807) is 0 Å². The number of rotatable bonds is 6. The van der Waals surface area contributed by atoms with Crippen LogP contribution in [0.2, 0.25) is 0 Å². The molecular formula is C14H24N4O3. The van der Waals surface area contributed by atoms with Crippen LogP contribution in [-0.2, 0) is 9.59 Å². The lowest BCUT2D eigenvalue weighted by Crippen LogP contribution is -2.40. The van der Waals surface area contributed by atoms with Gasteiger partial charge in [0.2, 0.25) is 11.8 Å². The van der Waals surface area contributed by atoms with Gasteiger partial charge in [0.15, 0.2) is 0 Å². The van der Waals surface area contributed by atoms with Gasteiger partial charge in [0.25, 0.3) is 0 Å². The van der Waals surface area contributed by atoms with Crippen LogP contribution >= 0.6 is 0 Å². The minimum atomic E-state index is -0.379. The predicted molar refractivity (Wildman–Crippen MR) is 77.5 cm³/mol. The van der Waals surface area contributed by atoms with Gasteiger partial charge in [-0.15, -0.1) is 0 Å². The molecule has 0 saturated carbocycles. The summed E-state index contributed by atoms with van der Waals surface area (Å²) in [4.78, 5) is 35.7. The summed E-state index contributed by atoms with van der Waals surface area (Å²) in [5.41, 5.74) is 0. The molecule has 2 atom stereocenters. The first-order valence-electron chi connectivity index (χ1n) is 7.63. The Labute approximate surface area is 124 Å². The maximum atomic E-state index is 11.9. The molecule has 0 aromatic carbocycles. The third-order valence-electron chi connectivity index (χ3n) is 4.24. The first kappa shape index (κ1) is 15.8. The van der Waals surface area contributed by atoms with Gasteiger partial charge in [0.1, 0.15) is 0 Å². The SMILES string of the molecule is CC(CC(=O)NCCN1C(=O)CNC1=O)C1CCCNC1. The second kappa shape index (κ2) is 7.40. The highest BCUT2D eigenvalue weighted by molar-refractivity contribution is 6.01. The van der Waals surface area contributed by atoms with Crippen molar-refractivity contribution < 1.29 is 14.4 Å². The fraction of sp³-hybridized carbons (Fsp3) is 0.786. The fourth-order valence-electron chi connectivity index (χ4n) is 2.88. The number of nitrogens with zero attached hydrogens (tertiary/aromatic N) is 1. The summed E-state index contributed by atoms with van der Waals surface area (Å²) in [6.07, 6.45) is 2.83. The van der Waals surface area contributed by atoms with E-state index in [1.165, 1.54) is 12.8 Å². The minimum absolute atomic E-state index is 0.0138. The third-order valence-corrected chi connectivity index (χ3v) is 4.24. The van der Waals surface area contributed by atoms with Gasteiger partial charge in [-0.25, -0.2) is 4.79 Å². The smallest absolute Gasteiger partial charge is 0.324 e. The van der Waals surface area contributed by atoms with E-state index in [0.717, 1.165) is 18.0 Å². The van der Waals surface area contributed by atoms with E-state index in [1.807, 2.05) is 0 Å². The van der Waals surface area contributed by atoms with E-state index >= 15 is 0 Å². The van der Waals surface area contributed by atoms with Crippen molar-refractivity contribution in [3.63, 3.8) is 0 Å². The predicted octanol–water partition coefficient (Wildman–Crippen LogP) is -0.320. The summed E-state index contributed by atoms with van der Waals surface area (Å²) < 4.78 is 0. The maximum absolute atomic E-state index is 11.9. The molecule has 0 bridgehead atoms. The normalized spacial score (nSPS) is 23.9. The second-order valence-corrected chi connectivity index (χ2v) is 5.84. The summed E-state index contributed by atoms with van der Waals surface area (Å²) in [7, 11) is 0. The van der Waals surface area contributed by atoms with Crippen LogP contribution in [0.1, 0.15) is 26.2 Å². The molecule has 2 aliphatic rings. The van der Waals surface area contributed by atoms with E-state index in [-0.39, 0.29) is 30.9 Å². The quantitative estimate of drug-likeness (QED) is 0.586. The molecule has 2 unspecified atom stereocenters. The van der Waals surface area contributed by atoms with E-state index < -0.39 is 0 Å². The van der Waals surface area contributed by atoms with Gasteiger partial charge in [-0.3, -0.25) is 14.5 Å². The van der Waals surface area contributed by atoms with E-state index in [2.05, 4.69) is 22.9 Å². The Hall–Kier alpha value is -1.63. The molecule has 4 amide bonds. The van der Waals surface area contributed by atoms with Crippen molar-refractivity contribution in [3.05, 3.63) is 0 Å². The molecule has 3 N–H and O–H groups in total. The summed E-state index contributed by atoms with van der Waals surface area (Å²) in [6, 6.07) is -0.379. The zero-order valence-electron chi connectivity index (χ0n) is 12.5. The molecule has 118 valence electrons. The molecule has 2 heterocycles. The number of amides is 4. The molecule has 2 saturated heterocycles. The first-order valence-corrected chi connectivity index (χ1v) is 7.63. The lowest BCUT2D eigenvalue weighted by Gasteiger charge is -2.28. The molecule has 7 heteroatoms. The molecule has 7 nitrogen and oxygen atoms in total. The van der Waals surface area contributed by atoms with E-state index in [4.69, 9.17) is 0 Å². The van der Waals surface area contributed by atoms with Crippen LogP contribution in [0.4, 0.5) is 4.79 Å². The highest BCUT2D eigenvalue weighted by Crippen LogP contribution is 2.22. The van der Waals surface area contributed by atoms with Crippen LogP contribution in [0.25, 0.3) is 0 Å². The first-order chi connectivity index (χ1) is 10.1. The number of carbonyl (C=O) groups is 3. The van der Waals surface area contributed by atoms with Gasteiger partial charge >= 0.3 is 6.03 Å². The molecule has 2 fully saturated rings. The Morgan fingerprint density at radius 2 is 2.29 bits per heavy atom. The van der Waals surface area contributed by atoms with Crippen molar-refractivity contribution in [2.45, 2.75) is 26.2 Å². The number of hydrogen-bond donors (Lipinski definition) is 3. The van der Waals surface area contributed by atoms with Crippen LogP contribution in [0.3, 0.4) is 0 Å².